The lowest BCUT2D eigenvalue weighted by atomic mass is 9.94. The van der Waals surface area contributed by atoms with Crippen molar-refractivity contribution in [1.29, 1.82) is 0 Å². The van der Waals surface area contributed by atoms with Gasteiger partial charge in [-0.25, -0.2) is 8.42 Å². The number of sulfonamides is 1. The van der Waals surface area contributed by atoms with Gasteiger partial charge in [-0.05, 0) is 18.0 Å². The third kappa shape index (κ3) is 4.46. The summed E-state index contributed by atoms with van der Waals surface area (Å²) >= 11 is 0. The minimum Gasteiger partial charge on any atom is -0.469 e. The fourth-order valence-corrected chi connectivity index (χ4v) is 7.79. The van der Waals surface area contributed by atoms with Crippen LogP contribution in [0, 0.1) is 5.92 Å². The number of carbonyl (C=O) groups excluding carboxylic acids is 1. The molecule has 1 saturated heterocycles. The van der Waals surface area contributed by atoms with Gasteiger partial charge in [0, 0.05) is 14.6 Å². The summed E-state index contributed by atoms with van der Waals surface area (Å²) in [5.74, 6) is -0.634. The molecule has 0 amide bonds. The summed E-state index contributed by atoms with van der Waals surface area (Å²) in [6.45, 7) is 6.86. The second kappa shape index (κ2) is 7.37. The van der Waals surface area contributed by atoms with E-state index in [4.69, 9.17) is 4.74 Å². The Morgan fingerprint density at radius 1 is 1.25 bits per heavy atom. The minimum absolute atomic E-state index is 0.153. The largest absolute Gasteiger partial charge is 0.469 e. The van der Waals surface area contributed by atoms with Crippen LogP contribution in [0.4, 0.5) is 0 Å². The van der Waals surface area contributed by atoms with E-state index in [2.05, 4.69) is 19.6 Å². The van der Waals surface area contributed by atoms with E-state index in [9.17, 15) is 13.2 Å². The maximum atomic E-state index is 12.9. The van der Waals surface area contributed by atoms with E-state index in [1.807, 2.05) is 30.3 Å². The summed E-state index contributed by atoms with van der Waals surface area (Å²) in [6.07, 6.45) is 0.498. The molecular weight excluding hydrogens is 342 g/mol. The number of esters is 1. The van der Waals surface area contributed by atoms with Gasteiger partial charge in [0.05, 0.1) is 24.8 Å². The molecule has 1 fully saturated rings. The highest BCUT2D eigenvalue weighted by Crippen LogP contribution is 2.40. The van der Waals surface area contributed by atoms with Crippen LogP contribution in [0.25, 0.3) is 0 Å². The number of methoxy groups -OCH3 is 1. The van der Waals surface area contributed by atoms with Crippen LogP contribution in [0.3, 0.4) is 0 Å². The highest BCUT2D eigenvalue weighted by atomic mass is 32.2. The van der Waals surface area contributed by atoms with Gasteiger partial charge in [0.2, 0.25) is 10.0 Å². The minimum atomic E-state index is -3.40. The number of carbonyl (C=O) groups is 1. The van der Waals surface area contributed by atoms with Crippen molar-refractivity contribution in [1.82, 2.24) is 4.31 Å². The van der Waals surface area contributed by atoms with E-state index in [0.717, 1.165) is 11.6 Å². The van der Waals surface area contributed by atoms with E-state index in [1.165, 1.54) is 11.4 Å². The Kier molecular flexibility index (Phi) is 5.88. The fraction of sp³-hybridized carbons (Fsp3) is 0.588. The average Bonchev–Trinajstić information content (AvgIpc) is 2.98. The molecule has 0 N–H and O–H groups in total. The number of hydrogen-bond acceptors (Lipinski definition) is 4. The molecule has 2 rings (SSSR count). The summed E-state index contributed by atoms with van der Waals surface area (Å²) in [6, 6.07) is 9.64. The van der Waals surface area contributed by atoms with Crippen LogP contribution in [0.2, 0.25) is 25.7 Å². The van der Waals surface area contributed by atoms with Crippen LogP contribution in [0.1, 0.15) is 18.0 Å². The van der Waals surface area contributed by atoms with Crippen LogP contribution < -0.4 is 0 Å². The normalized spacial score (nSPS) is 22.5. The van der Waals surface area contributed by atoms with Crippen LogP contribution in [-0.2, 0) is 19.6 Å². The van der Waals surface area contributed by atoms with Crippen LogP contribution >= 0.6 is 0 Å². The molecule has 1 aliphatic rings. The number of hydrogen-bond donors (Lipinski definition) is 0. The first-order chi connectivity index (χ1) is 11.2. The first kappa shape index (κ1) is 19.1. The van der Waals surface area contributed by atoms with Gasteiger partial charge in [-0.2, -0.15) is 4.31 Å². The predicted molar refractivity (Wildman–Crippen MR) is 98.0 cm³/mol. The summed E-state index contributed by atoms with van der Waals surface area (Å²) in [4.78, 5) is 12.2. The number of benzene rings is 1. The van der Waals surface area contributed by atoms with E-state index in [0.29, 0.717) is 13.0 Å². The smallest absolute Gasteiger partial charge is 0.310 e. The molecule has 1 aliphatic heterocycles. The zero-order valence-corrected chi connectivity index (χ0v) is 16.7. The molecule has 5 nitrogen and oxygen atoms in total. The second-order valence-electron chi connectivity index (χ2n) is 7.51. The second-order valence-corrected chi connectivity index (χ2v) is 15.2. The molecule has 7 heteroatoms. The highest BCUT2D eigenvalue weighted by molar-refractivity contribution is 7.89. The van der Waals surface area contributed by atoms with Gasteiger partial charge in [-0.1, -0.05) is 50.0 Å². The lowest BCUT2D eigenvalue weighted by Crippen LogP contribution is -2.37. The fourth-order valence-electron chi connectivity index (χ4n) is 3.08. The van der Waals surface area contributed by atoms with Crippen molar-refractivity contribution in [2.45, 2.75) is 38.1 Å². The van der Waals surface area contributed by atoms with Crippen molar-refractivity contribution < 1.29 is 17.9 Å². The molecule has 0 unspecified atom stereocenters. The molecule has 0 aliphatic carbocycles. The molecule has 0 radical (unpaired) electrons. The Hall–Kier alpha value is -1.18. The number of rotatable bonds is 6. The monoisotopic (exact) mass is 369 g/mol. The van der Waals surface area contributed by atoms with Gasteiger partial charge >= 0.3 is 5.97 Å². The summed E-state index contributed by atoms with van der Waals surface area (Å²) in [5.41, 5.74) is 0.849. The molecule has 24 heavy (non-hydrogen) atoms. The van der Waals surface area contributed by atoms with Crippen LogP contribution in [0.15, 0.2) is 30.3 Å². The van der Waals surface area contributed by atoms with Gasteiger partial charge in [-0.3, -0.25) is 4.79 Å². The number of nitrogens with zero attached hydrogens (tertiary/aromatic N) is 1. The average molecular weight is 370 g/mol. The molecule has 1 aromatic rings. The molecular formula is C17H27NO4SSi. The lowest BCUT2D eigenvalue weighted by Gasteiger charge is -2.28. The van der Waals surface area contributed by atoms with Gasteiger partial charge < -0.3 is 4.74 Å². The molecule has 0 bridgehead atoms. The summed E-state index contributed by atoms with van der Waals surface area (Å²) in [7, 11) is -3.51. The maximum Gasteiger partial charge on any atom is 0.310 e. The zero-order chi connectivity index (χ0) is 18.0. The lowest BCUT2D eigenvalue weighted by molar-refractivity contribution is -0.146. The van der Waals surface area contributed by atoms with E-state index < -0.39 is 30.1 Å². The van der Waals surface area contributed by atoms with E-state index in [1.54, 1.807) is 0 Å². The van der Waals surface area contributed by atoms with Gasteiger partial charge in [0.1, 0.15) is 0 Å². The summed E-state index contributed by atoms with van der Waals surface area (Å²) < 4.78 is 32.3. The molecule has 2 atom stereocenters. The molecule has 1 aromatic carbocycles. The topological polar surface area (TPSA) is 63.7 Å². The molecule has 0 aromatic heterocycles. The van der Waals surface area contributed by atoms with E-state index in [-0.39, 0.29) is 11.7 Å². The number of ether oxygens (including phenoxy) is 1. The van der Waals surface area contributed by atoms with Gasteiger partial charge in [-0.15, -0.1) is 0 Å². The standard InChI is InChI=1S/C17H27NO4SSi/c1-22-17(19)15-10-11-18(16(15)14-8-6-5-7-9-14)23(20,21)12-13-24(2,3)4/h5-9,15-16H,10-13H2,1-4H3/t15-,16+/m0/s1. The highest BCUT2D eigenvalue weighted by Gasteiger charge is 2.45. The van der Waals surface area contributed by atoms with E-state index >= 15 is 0 Å². The maximum absolute atomic E-state index is 12.9. The van der Waals surface area contributed by atoms with Gasteiger partial charge in [0.15, 0.2) is 0 Å². The molecule has 0 saturated carbocycles. The third-order valence-corrected chi connectivity index (χ3v) is 8.42. The van der Waals surface area contributed by atoms with Crippen molar-refractivity contribution in [3.8, 4) is 0 Å². The molecule has 134 valence electrons. The Balaban J connectivity index is 2.32. The Labute approximate surface area is 146 Å². The predicted octanol–water partition coefficient (Wildman–Crippen LogP) is 2.89. The first-order valence-electron chi connectivity index (χ1n) is 8.28. The van der Waals surface area contributed by atoms with Crippen LogP contribution in [0.5, 0.6) is 0 Å². The Morgan fingerprint density at radius 3 is 2.42 bits per heavy atom. The SMILES string of the molecule is COC(=O)[C@H]1CCN(S(=O)(=O)CC[Si](C)(C)C)[C@@H]1c1ccccc1. The molecule has 0 spiro atoms. The Bertz CT molecular complexity index is 670. The van der Waals surface area contributed by atoms with Crippen molar-refractivity contribution in [3.05, 3.63) is 35.9 Å². The van der Waals surface area contributed by atoms with Crippen molar-refractivity contribution in [2.24, 2.45) is 5.92 Å². The summed E-state index contributed by atoms with van der Waals surface area (Å²) in [5, 5.41) is 0. The van der Waals surface area contributed by atoms with Crippen molar-refractivity contribution in [3.63, 3.8) is 0 Å². The first-order valence-corrected chi connectivity index (χ1v) is 13.6. The van der Waals surface area contributed by atoms with Gasteiger partial charge in [0.25, 0.3) is 0 Å². The van der Waals surface area contributed by atoms with Crippen molar-refractivity contribution >= 4 is 24.1 Å². The molecule has 1 heterocycles. The zero-order valence-electron chi connectivity index (χ0n) is 14.9. The quantitative estimate of drug-likeness (QED) is 0.571. The van der Waals surface area contributed by atoms with Crippen molar-refractivity contribution in [2.75, 3.05) is 19.4 Å². The van der Waals surface area contributed by atoms with Crippen LogP contribution in [-0.4, -0.2) is 46.2 Å². The third-order valence-electron chi connectivity index (χ3n) is 4.46. The Morgan fingerprint density at radius 2 is 1.88 bits per heavy atom.